The highest BCUT2D eigenvalue weighted by atomic mass is 79.9. The molecule has 0 atom stereocenters. The van der Waals surface area contributed by atoms with Crippen molar-refractivity contribution in [3.8, 4) is 17.3 Å². The normalized spacial score (nSPS) is 11.5. The lowest BCUT2D eigenvalue weighted by Gasteiger charge is -2.15. The molecule has 0 saturated heterocycles. The van der Waals surface area contributed by atoms with Crippen molar-refractivity contribution in [1.29, 1.82) is 5.26 Å². The van der Waals surface area contributed by atoms with E-state index in [9.17, 15) is 18.4 Å². The minimum atomic E-state index is -4.63. The first kappa shape index (κ1) is 17.4. The van der Waals surface area contributed by atoms with Gasteiger partial charge < -0.3 is 15.0 Å². The van der Waals surface area contributed by atoms with Gasteiger partial charge in [-0.05, 0) is 40.5 Å². The molecule has 2 aromatic rings. The van der Waals surface area contributed by atoms with Crippen LogP contribution in [0.2, 0.25) is 0 Å². The van der Waals surface area contributed by atoms with E-state index in [1.54, 1.807) is 31.2 Å². The van der Waals surface area contributed by atoms with Crippen molar-refractivity contribution in [2.24, 2.45) is 0 Å². The van der Waals surface area contributed by atoms with Gasteiger partial charge in [-0.3, -0.25) is 0 Å². The van der Waals surface area contributed by atoms with Crippen LogP contribution in [0.4, 0.5) is 18.9 Å². The van der Waals surface area contributed by atoms with Crippen molar-refractivity contribution in [3.05, 3.63) is 40.0 Å². The Balaban J connectivity index is 2.77. The van der Waals surface area contributed by atoms with E-state index in [2.05, 4.69) is 15.9 Å². The Morgan fingerprint density at radius 1 is 1.30 bits per heavy atom. The highest BCUT2D eigenvalue weighted by molar-refractivity contribution is 9.10. The molecule has 1 aromatic carbocycles. The summed E-state index contributed by atoms with van der Waals surface area (Å²) in [7, 11) is 0. The Bertz CT molecular complexity index is 745. The summed E-state index contributed by atoms with van der Waals surface area (Å²) in [5, 5.41) is 9.32. The summed E-state index contributed by atoms with van der Waals surface area (Å²) in [5.41, 5.74) is 5.63. The fourth-order valence-electron chi connectivity index (χ4n) is 2.22. The smallest absolute Gasteiger partial charge is 0.399 e. The van der Waals surface area contributed by atoms with Gasteiger partial charge >= 0.3 is 6.18 Å². The second kappa shape index (κ2) is 6.64. The van der Waals surface area contributed by atoms with Gasteiger partial charge in [0.15, 0.2) is 0 Å². The molecule has 0 aliphatic heterocycles. The SMILES string of the molecule is CCOCn1c(-c2ccc(N)cc2)c(C#N)c(Br)c1C(F)(F)F. The van der Waals surface area contributed by atoms with Crippen molar-refractivity contribution < 1.29 is 17.9 Å². The number of hydrogen-bond acceptors (Lipinski definition) is 3. The summed E-state index contributed by atoms with van der Waals surface area (Å²) in [5.74, 6) is 0. The van der Waals surface area contributed by atoms with Gasteiger partial charge in [0.05, 0.1) is 15.7 Å². The number of nitrogen functional groups attached to an aromatic ring is 1. The number of rotatable bonds is 4. The summed E-state index contributed by atoms with van der Waals surface area (Å²) in [6.07, 6.45) is -4.63. The number of alkyl halides is 3. The van der Waals surface area contributed by atoms with Gasteiger partial charge in [-0.25, -0.2) is 0 Å². The van der Waals surface area contributed by atoms with E-state index in [1.807, 2.05) is 6.07 Å². The summed E-state index contributed by atoms with van der Waals surface area (Å²) >= 11 is 2.91. The number of aromatic nitrogens is 1. The molecular formula is C15H13BrF3N3O. The van der Waals surface area contributed by atoms with Crippen LogP contribution >= 0.6 is 15.9 Å². The van der Waals surface area contributed by atoms with Gasteiger partial charge in [0, 0.05) is 12.3 Å². The molecule has 1 aromatic heterocycles. The molecule has 0 amide bonds. The van der Waals surface area contributed by atoms with Gasteiger partial charge in [0.1, 0.15) is 18.5 Å². The van der Waals surface area contributed by atoms with Crippen LogP contribution < -0.4 is 5.73 Å². The number of anilines is 1. The molecule has 0 fully saturated rings. The average Bonchev–Trinajstić information content (AvgIpc) is 2.77. The van der Waals surface area contributed by atoms with Crippen LogP contribution in [0.25, 0.3) is 11.3 Å². The van der Waals surface area contributed by atoms with Crippen LogP contribution in [0, 0.1) is 11.3 Å². The van der Waals surface area contributed by atoms with Crippen LogP contribution in [0.5, 0.6) is 0 Å². The first-order chi connectivity index (χ1) is 10.8. The standard InChI is InChI=1S/C15H13BrF3N3O/c1-2-23-8-22-13(9-3-5-10(21)6-4-9)11(7-20)12(16)14(22)15(17,18)19/h3-6H,2,8,21H2,1H3. The number of halogens is 4. The van der Waals surface area contributed by atoms with Gasteiger partial charge in [0.2, 0.25) is 0 Å². The molecule has 122 valence electrons. The highest BCUT2D eigenvalue weighted by Gasteiger charge is 2.40. The Kier molecular flexibility index (Phi) is 5.02. The predicted octanol–water partition coefficient (Wildman–Crippen LogP) is 4.38. The zero-order valence-electron chi connectivity index (χ0n) is 12.1. The van der Waals surface area contributed by atoms with E-state index in [-0.39, 0.29) is 29.1 Å². The Morgan fingerprint density at radius 2 is 1.91 bits per heavy atom. The van der Waals surface area contributed by atoms with E-state index in [4.69, 9.17) is 10.5 Å². The summed E-state index contributed by atoms with van der Waals surface area (Å²) in [6.45, 7) is 1.61. The van der Waals surface area contributed by atoms with Gasteiger partial charge in [0.25, 0.3) is 0 Å². The highest BCUT2D eigenvalue weighted by Crippen LogP contribution is 2.43. The van der Waals surface area contributed by atoms with E-state index < -0.39 is 11.9 Å². The number of nitrogens with two attached hydrogens (primary N) is 1. The average molecular weight is 388 g/mol. The third kappa shape index (κ3) is 3.35. The third-order valence-electron chi connectivity index (χ3n) is 3.19. The van der Waals surface area contributed by atoms with Crippen LogP contribution in [-0.4, -0.2) is 11.2 Å². The first-order valence-electron chi connectivity index (χ1n) is 6.64. The monoisotopic (exact) mass is 387 g/mol. The predicted molar refractivity (Wildman–Crippen MR) is 83.3 cm³/mol. The minimum absolute atomic E-state index is 0.0956. The molecule has 0 spiro atoms. The van der Waals surface area contributed by atoms with Gasteiger partial charge in [-0.15, -0.1) is 0 Å². The molecule has 23 heavy (non-hydrogen) atoms. The zero-order valence-corrected chi connectivity index (χ0v) is 13.7. The molecule has 0 radical (unpaired) electrons. The molecule has 1 heterocycles. The van der Waals surface area contributed by atoms with Crippen LogP contribution in [0.1, 0.15) is 18.2 Å². The molecule has 0 saturated carbocycles. The Morgan fingerprint density at radius 3 is 2.39 bits per heavy atom. The molecule has 2 rings (SSSR count). The fraction of sp³-hybridized carbons (Fsp3) is 0.267. The summed E-state index contributed by atoms with van der Waals surface area (Å²) in [6, 6.07) is 8.10. The number of nitrogens with zero attached hydrogens (tertiary/aromatic N) is 2. The topological polar surface area (TPSA) is 64.0 Å². The number of nitriles is 1. The summed E-state index contributed by atoms with van der Waals surface area (Å²) < 4.78 is 46.1. The molecule has 8 heteroatoms. The lowest BCUT2D eigenvalue weighted by molar-refractivity contribution is -0.146. The molecular weight excluding hydrogens is 375 g/mol. The first-order valence-corrected chi connectivity index (χ1v) is 7.43. The van der Waals surface area contributed by atoms with Crippen molar-refractivity contribution in [2.45, 2.75) is 19.8 Å². The van der Waals surface area contributed by atoms with Crippen LogP contribution in [0.15, 0.2) is 28.7 Å². The molecule has 0 unspecified atom stereocenters. The lowest BCUT2D eigenvalue weighted by Crippen LogP contribution is -2.16. The van der Waals surface area contributed by atoms with Crippen molar-refractivity contribution in [2.75, 3.05) is 12.3 Å². The summed E-state index contributed by atoms with van der Waals surface area (Å²) in [4.78, 5) is 0. The van der Waals surface area contributed by atoms with E-state index in [1.165, 1.54) is 0 Å². The maximum Gasteiger partial charge on any atom is 0.432 e. The molecule has 0 bridgehead atoms. The molecule has 0 aliphatic carbocycles. The Labute approximate surface area is 139 Å². The van der Waals surface area contributed by atoms with Crippen molar-refractivity contribution in [3.63, 3.8) is 0 Å². The van der Waals surface area contributed by atoms with E-state index in [0.29, 0.717) is 11.3 Å². The number of benzene rings is 1. The lowest BCUT2D eigenvalue weighted by atomic mass is 10.1. The maximum atomic E-state index is 13.4. The van der Waals surface area contributed by atoms with Crippen molar-refractivity contribution in [1.82, 2.24) is 4.57 Å². The Hall–Kier alpha value is -1.98. The molecule has 2 N–H and O–H groups in total. The number of hydrogen-bond donors (Lipinski definition) is 1. The maximum absolute atomic E-state index is 13.4. The van der Waals surface area contributed by atoms with Crippen LogP contribution in [-0.2, 0) is 17.6 Å². The third-order valence-corrected chi connectivity index (χ3v) is 3.97. The van der Waals surface area contributed by atoms with Crippen molar-refractivity contribution >= 4 is 21.6 Å². The largest absolute Gasteiger partial charge is 0.432 e. The fourth-order valence-corrected chi connectivity index (χ4v) is 2.94. The number of ether oxygens (including phenoxy) is 1. The van der Waals surface area contributed by atoms with Crippen LogP contribution in [0.3, 0.4) is 0 Å². The zero-order chi connectivity index (χ0) is 17.2. The minimum Gasteiger partial charge on any atom is -0.399 e. The van der Waals surface area contributed by atoms with Gasteiger partial charge in [-0.2, -0.15) is 18.4 Å². The second-order valence-electron chi connectivity index (χ2n) is 4.67. The molecule has 0 aliphatic rings. The molecule has 4 nitrogen and oxygen atoms in total. The van der Waals surface area contributed by atoms with Gasteiger partial charge in [-0.1, -0.05) is 12.1 Å². The van der Waals surface area contributed by atoms with E-state index >= 15 is 0 Å². The second-order valence-corrected chi connectivity index (χ2v) is 5.46. The van der Waals surface area contributed by atoms with E-state index in [0.717, 1.165) is 4.57 Å². The quantitative estimate of drug-likeness (QED) is 0.791.